The van der Waals surface area contributed by atoms with Crippen molar-refractivity contribution in [3.05, 3.63) is 0 Å². The van der Waals surface area contributed by atoms with Crippen LogP contribution in [-0.2, 0) is 56.9 Å². The van der Waals surface area contributed by atoms with Crippen molar-refractivity contribution in [1.29, 1.82) is 0 Å². The molecule has 0 radical (unpaired) electrons. The van der Waals surface area contributed by atoms with Crippen LogP contribution in [0.15, 0.2) is 0 Å². The number of carbonyl (C=O) groups is 1. The van der Waals surface area contributed by atoms with Crippen molar-refractivity contribution in [2.24, 2.45) is 0 Å². The van der Waals surface area contributed by atoms with Gasteiger partial charge >= 0.3 is 5.97 Å². The van der Waals surface area contributed by atoms with E-state index < -0.39 is 0 Å². The van der Waals surface area contributed by atoms with Crippen LogP contribution in [0.25, 0.3) is 0 Å². The highest BCUT2D eigenvalue weighted by molar-refractivity contribution is 6.17. The molecule has 42 heavy (non-hydrogen) atoms. The number of rotatable bonds is 37. The average Bonchev–Trinajstić information content (AvgIpc) is 3.00. The third-order valence-corrected chi connectivity index (χ3v) is 5.45. The van der Waals surface area contributed by atoms with Gasteiger partial charge in [-0.1, -0.05) is 26.2 Å². The van der Waals surface area contributed by atoms with Crippen molar-refractivity contribution >= 4 is 17.6 Å². The lowest BCUT2D eigenvalue weighted by atomic mass is 10.2. The zero-order valence-corrected chi connectivity index (χ0v) is 26.6. The summed E-state index contributed by atoms with van der Waals surface area (Å²) in [7, 11) is 0. The molecule has 0 rings (SSSR count). The average molecular weight is 633 g/mol. The Morgan fingerprint density at radius 1 is 0.405 bits per heavy atom. The van der Waals surface area contributed by atoms with Gasteiger partial charge in [0, 0.05) is 12.3 Å². The Hall–Kier alpha value is -0.640. The molecule has 0 N–H and O–H groups in total. The molecule has 0 aromatic heterocycles. The predicted octanol–water partition coefficient (Wildman–Crippen LogP) is 2.90. The van der Waals surface area contributed by atoms with Crippen LogP contribution in [0.3, 0.4) is 0 Å². The number of alkyl halides is 1. The smallest absolute Gasteiger partial charge is 0.305 e. The second-order valence-electron chi connectivity index (χ2n) is 8.84. The van der Waals surface area contributed by atoms with Gasteiger partial charge in [-0.15, -0.1) is 11.6 Å². The largest absolute Gasteiger partial charge is 0.463 e. The molecule has 0 aromatic carbocycles. The highest BCUT2D eigenvalue weighted by Crippen LogP contribution is 2.03. The molecule has 0 saturated heterocycles. The summed E-state index contributed by atoms with van der Waals surface area (Å²) in [4.78, 5) is 11.5. The van der Waals surface area contributed by atoms with Gasteiger partial charge in [-0.05, 0) is 6.42 Å². The zero-order valence-electron chi connectivity index (χ0n) is 25.9. The van der Waals surface area contributed by atoms with Crippen LogP contribution >= 0.6 is 11.6 Å². The third kappa shape index (κ3) is 37.4. The molecule has 0 heterocycles. The maximum atomic E-state index is 11.5. The van der Waals surface area contributed by atoms with Crippen LogP contribution in [0.5, 0.6) is 0 Å². The van der Waals surface area contributed by atoms with Crippen LogP contribution < -0.4 is 0 Å². The van der Waals surface area contributed by atoms with Crippen LogP contribution in [0.4, 0.5) is 0 Å². The molecule has 0 saturated carbocycles. The number of unbranched alkanes of at least 4 members (excludes halogenated alkanes) is 3. The molecule has 0 aliphatic rings. The quantitative estimate of drug-likeness (QED) is 0.0569. The second-order valence-corrected chi connectivity index (χ2v) is 9.22. The highest BCUT2D eigenvalue weighted by Gasteiger charge is 2.02. The lowest BCUT2D eigenvalue weighted by molar-refractivity contribution is -0.145. The van der Waals surface area contributed by atoms with Crippen LogP contribution in [-0.4, -0.2) is 151 Å². The van der Waals surface area contributed by atoms with Crippen molar-refractivity contribution in [2.45, 2.75) is 39.0 Å². The molecule has 0 fully saturated rings. The summed E-state index contributed by atoms with van der Waals surface area (Å²) < 4.78 is 59.2. The van der Waals surface area contributed by atoms with E-state index in [1.54, 1.807) is 0 Å². The lowest BCUT2D eigenvalue weighted by Gasteiger charge is -2.09. The number of carbonyl (C=O) groups excluding carboxylic acids is 1. The first-order valence-electron chi connectivity index (χ1n) is 15.3. The topological polar surface area (TPSA) is 119 Å². The van der Waals surface area contributed by atoms with Gasteiger partial charge in [-0.25, -0.2) is 0 Å². The fourth-order valence-corrected chi connectivity index (χ4v) is 3.23. The summed E-state index contributed by atoms with van der Waals surface area (Å²) in [6.07, 6.45) is 4.76. The van der Waals surface area contributed by atoms with E-state index in [4.69, 9.17) is 63.7 Å². The number of halogens is 1. The Labute approximate surface area is 258 Å². The fraction of sp³-hybridized carbons (Fsp3) is 0.966. The fourth-order valence-electron chi connectivity index (χ4n) is 3.12. The number of ether oxygens (including phenoxy) is 11. The van der Waals surface area contributed by atoms with Crippen molar-refractivity contribution in [3.8, 4) is 0 Å². The molecular formula is C29H57ClO12. The first-order valence-corrected chi connectivity index (χ1v) is 15.8. The monoisotopic (exact) mass is 632 g/mol. The third-order valence-electron chi connectivity index (χ3n) is 5.29. The predicted molar refractivity (Wildman–Crippen MR) is 159 cm³/mol. The summed E-state index contributed by atoms with van der Waals surface area (Å²) >= 11 is 5.50. The van der Waals surface area contributed by atoms with Crippen LogP contribution in [0.2, 0.25) is 0 Å². The van der Waals surface area contributed by atoms with Crippen LogP contribution in [0.1, 0.15) is 39.0 Å². The van der Waals surface area contributed by atoms with E-state index in [-0.39, 0.29) is 12.6 Å². The lowest BCUT2D eigenvalue weighted by Crippen LogP contribution is -2.15. The minimum absolute atomic E-state index is 0.152. The SMILES string of the molecule is CCCCCCC(=O)OCCOCCOCCOCCOCCOCCOCCOCCOCCOCCOCCCl. The zero-order chi connectivity index (χ0) is 30.4. The van der Waals surface area contributed by atoms with E-state index >= 15 is 0 Å². The molecule has 0 unspecified atom stereocenters. The summed E-state index contributed by atoms with van der Waals surface area (Å²) in [5.74, 6) is 0.344. The minimum atomic E-state index is -0.152. The van der Waals surface area contributed by atoms with E-state index in [1.807, 2.05) is 0 Å². The molecule has 252 valence electrons. The molecule has 0 aromatic rings. The van der Waals surface area contributed by atoms with E-state index in [2.05, 4.69) is 6.92 Å². The van der Waals surface area contributed by atoms with Crippen molar-refractivity contribution in [1.82, 2.24) is 0 Å². The van der Waals surface area contributed by atoms with Gasteiger partial charge in [0.1, 0.15) is 6.61 Å². The Morgan fingerprint density at radius 3 is 0.976 bits per heavy atom. The Bertz CT molecular complexity index is 519. The van der Waals surface area contributed by atoms with Gasteiger partial charge in [0.05, 0.1) is 132 Å². The molecule has 0 atom stereocenters. The summed E-state index contributed by atoms with van der Waals surface area (Å²) in [6, 6.07) is 0. The first kappa shape index (κ1) is 41.4. The highest BCUT2D eigenvalue weighted by atomic mass is 35.5. The Morgan fingerprint density at radius 2 is 0.690 bits per heavy atom. The van der Waals surface area contributed by atoms with Gasteiger partial charge in [0.25, 0.3) is 0 Å². The van der Waals surface area contributed by atoms with Gasteiger partial charge in [0.15, 0.2) is 0 Å². The summed E-state index contributed by atoms with van der Waals surface area (Å²) in [5, 5.41) is 0. The normalized spacial score (nSPS) is 11.4. The van der Waals surface area contributed by atoms with Crippen molar-refractivity contribution in [2.75, 3.05) is 145 Å². The Balaban J connectivity index is 3.07. The molecule has 12 nitrogen and oxygen atoms in total. The maximum Gasteiger partial charge on any atom is 0.305 e. The minimum Gasteiger partial charge on any atom is -0.463 e. The van der Waals surface area contributed by atoms with Crippen molar-refractivity contribution in [3.63, 3.8) is 0 Å². The first-order chi connectivity index (χ1) is 20.8. The summed E-state index contributed by atoms with van der Waals surface area (Å²) in [6.45, 7) is 12.5. The van der Waals surface area contributed by atoms with E-state index in [0.717, 1.165) is 25.7 Å². The molecule has 0 spiro atoms. The number of hydrogen-bond acceptors (Lipinski definition) is 12. The maximum absolute atomic E-state index is 11.5. The van der Waals surface area contributed by atoms with Gasteiger partial charge in [-0.3, -0.25) is 4.79 Å². The molecule has 0 aliphatic carbocycles. The molecule has 13 heteroatoms. The van der Waals surface area contributed by atoms with Gasteiger partial charge in [-0.2, -0.15) is 0 Å². The number of esters is 1. The standard InChI is InChI=1S/C29H57ClO12/c1-2-3-4-5-6-29(31)42-28-27-41-26-25-40-24-23-39-22-21-38-20-19-37-18-17-36-16-15-35-14-13-34-12-11-33-10-9-32-8-7-30/h2-28H2,1H3. The molecule has 0 amide bonds. The van der Waals surface area contributed by atoms with Gasteiger partial charge in [0.2, 0.25) is 0 Å². The summed E-state index contributed by atoms with van der Waals surface area (Å²) in [5.41, 5.74) is 0. The van der Waals surface area contributed by atoms with Crippen molar-refractivity contribution < 1.29 is 56.9 Å². The van der Waals surface area contributed by atoms with Crippen LogP contribution in [0, 0.1) is 0 Å². The second kappa shape index (κ2) is 38.4. The van der Waals surface area contributed by atoms with Gasteiger partial charge < -0.3 is 52.1 Å². The molecular weight excluding hydrogens is 576 g/mol. The number of hydrogen-bond donors (Lipinski definition) is 0. The molecule has 0 aliphatic heterocycles. The van der Waals surface area contributed by atoms with E-state index in [9.17, 15) is 4.79 Å². The Kier molecular flexibility index (Phi) is 37.8. The molecule has 0 bridgehead atoms. The van der Waals surface area contributed by atoms with E-state index in [1.165, 1.54) is 0 Å². The van der Waals surface area contributed by atoms with E-state index in [0.29, 0.717) is 144 Å².